The number of carbonyl (C=O) groups is 1. The van der Waals surface area contributed by atoms with Crippen molar-refractivity contribution in [1.82, 2.24) is 10.1 Å². The Labute approximate surface area is 148 Å². The number of halogens is 1. The van der Waals surface area contributed by atoms with Gasteiger partial charge < -0.3 is 9.84 Å². The molecule has 0 aliphatic rings. The molecule has 0 bridgehead atoms. The summed E-state index contributed by atoms with van der Waals surface area (Å²) in [7, 11) is 0. The summed E-state index contributed by atoms with van der Waals surface area (Å²) >= 11 is 3.39. The summed E-state index contributed by atoms with van der Waals surface area (Å²) in [5, 5.41) is 6.80. The van der Waals surface area contributed by atoms with Crippen molar-refractivity contribution in [2.24, 2.45) is 0 Å². The molecule has 0 spiro atoms. The Balaban J connectivity index is 1.56. The Hall–Kier alpha value is -2.47. The number of amides is 1. The fourth-order valence-electron chi connectivity index (χ4n) is 2.15. The minimum Gasteiger partial charge on any atom is -0.339 e. The molecule has 24 heavy (non-hydrogen) atoms. The normalized spacial score (nSPS) is 10.6. The molecular formula is C18H16BrN3O2. The molecule has 122 valence electrons. The van der Waals surface area contributed by atoms with Gasteiger partial charge in [0, 0.05) is 28.6 Å². The van der Waals surface area contributed by atoms with E-state index in [1.807, 2.05) is 55.5 Å². The smallest absolute Gasteiger partial charge is 0.227 e. The zero-order chi connectivity index (χ0) is 16.9. The van der Waals surface area contributed by atoms with Crippen LogP contribution in [-0.4, -0.2) is 16.0 Å². The Kier molecular flexibility index (Phi) is 5.05. The van der Waals surface area contributed by atoms with Crippen LogP contribution in [0.15, 0.2) is 57.5 Å². The second kappa shape index (κ2) is 7.40. The van der Waals surface area contributed by atoms with E-state index in [1.54, 1.807) is 0 Å². The van der Waals surface area contributed by atoms with E-state index >= 15 is 0 Å². The summed E-state index contributed by atoms with van der Waals surface area (Å²) in [6.07, 6.45) is 0.692. The molecule has 3 rings (SSSR count). The molecule has 1 aromatic heterocycles. The monoisotopic (exact) mass is 385 g/mol. The van der Waals surface area contributed by atoms with Gasteiger partial charge in [-0.3, -0.25) is 4.79 Å². The van der Waals surface area contributed by atoms with Crippen LogP contribution in [0.2, 0.25) is 0 Å². The lowest BCUT2D eigenvalue weighted by atomic mass is 10.2. The first-order valence-electron chi connectivity index (χ1n) is 7.55. The van der Waals surface area contributed by atoms with Crippen molar-refractivity contribution < 1.29 is 9.32 Å². The first-order chi connectivity index (χ1) is 11.6. The minimum atomic E-state index is -0.0813. The lowest BCUT2D eigenvalue weighted by molar-refractivity contribution is -0.116. The number of rotatable bonds is 5. The lowest BCUT2D eigenvalue weighted by Crippen LogP contribution is -2.12. The van der Waals surface area contributed by atoms with Crippen molar-refractivity contribution in [2.45, 2.75) is 19.8 Å². The highest BCUT2D eigenvalue weighted by Crippen LogP contribution is 2.19. The molecule has 1 heterocycles. The average Bonchev–Trinajstić information content (AvgIpc) is 3.05. The van der Waals surface area contributed by atoms with Gasteiger partial charge in [0.05, 0.1) is 0 Å². The molecule has 2 aromatic carbocycles. The van der Waals surface area contributed by atoms with Crippen LogP contribution in [-0.2, 0) is 11.2 Å². The van der Waals surface area contributed by atoms with E-state index in [-0.39, 0.29) is 12.3 Å². The quantitative estimate of drug-likeness (QED) is 0.707. The van der Waals surface area contributed by atoms with Crippen LogP contribution in [0.1, 0.15) is 17.9 Å². The molecule has 0 aliphatic heterocycles. The summed E-state index contributed by atoms with van der Waals surface area (Å²) in [5.41, 5.74) is 2.81. The maximum atomic E-state index is 12.0. The van der Waals surface area contributed by atoms with Gasteiger partial charge in [-0.25, -0.2) is 0 Å². The third kappa shape index (κ3) is 4.29. The number of carbonyl (C=O) groups excluding carboxylic acids is 1. The van der Waals surface area contributed by atoms with Crippen molar-refractivity contribution in [3.63, 3.8) is 0 Å². The minimum absolute atomic E-state index is 0.0813. The first kappa shape index (κ1) is 16.4. The van der Waals surface area contributed by atoms with E-state index in [9.17, 15) is 4.79 Å². The number of nitrogens with one attached hydrogen (secondary N) is 1. The number of hydrogen-bond acceptors (Lipinski definition) is 4. The van der Waals surface area contributed by atoms with Gasteiger partial charge in [-0.1, -0.05) is 38.8 Å². The number of hydrogen-bond donors (Lipinski definition) is 1. The van der Waals surface area contributed by atoms with Gasteiger partial charge >= 0.3 is 0 Å². The fraction of sp³-hybridized carbons (Fsp3) is 0.167. The number of benzene rings is 2. The van der Waals surface area contributed by atoms with Gasteiger partial charge in [-0.2, -0.15) is 4.98 Å². The maximum Gasteiger partial charge on any atom is 0.227 e. The largest absolute Gasteiger partial charge is 0.339 e. The molecular weight excluding hydrogens is 370 g/mol. The molecule has 0 atom stereocenters. The molecule has 0 saturated carbocycles. The predicted octanol–water partition coefficient (Wildman–Crippen LogP) is 4.38. The van der Waals surface area contributed by atoms with Crippen LogP contribution in [0, 0.1) is 6.92 Å². The Morgan fingerprint density at radius 3 is 2.54 bits per heavy atom. The first-order valence-corrected chi connectivity index (χ1v) is 8.34. The molecule has 0 unspecified atom stereocenters. The molecule has 6 heteroatoms. The third-order valence-corrected chi connectivity index (χ3v) is 4.00. The van der Waals surface area contributed by atoms with Crippen LogP contribution < -0.4 is 5.32 Å². The van der Waals surface area contributed by atoms with Crippen molar-refractivity contribution >= 4 is 27.5 Å². The van der Waals surface area contributed by atoms with E-state index in [1.165, 1.54) is 0 Å². The van der Waals surface area contributed by atoms with Gasteiger partial charge in [0.1, 0.15) is 0 Å². The highest BCUT2D eigenvalue weighted by Gasteiger charge is 2.11. The number of aromatic nitrogens is 2. The lowest BCUT2D eigenvalue weighted by Gasteiger charge is -2.04. The Morgan fingerprint density at radius 1 is 1.12 bits per heavy atom. The highest BCUT2D eigenvalue weighted by atomic mass is 79.9. The summed E-state index contributed by atoms with van der Waals surface area (Å²) in [6.45, 7) is 2.00. The van der Waals surface area contributed by atoms with Crippen molar-refractivity contribution in [1.29, 1.82) is 0 Å². The molecule has 0 radical (unpaired) electrons. The molecule has 0 fully saturated rings. The van der Waals surface area contributed by atoms with Gasteiger partial charge in [0.2, 0.25) is 17.6 Å². The van der Waals surface area contributed by atoms with Crippen molar-refractivity contribution in [3.05, 3.63) is 64.5 Å². The molecule has 3 aromatic rings. The average molecular weight is 386 g/mol. The number of nitrogens with zero attached hydrogens (tertiary/aromatic N) is 2. The molecule has 1 N–H and O–H groups in total. The summed E-state index contributed by atoms with van der Waals surface area (Å²) in [4.78, 5) is 16.3. The molecule has 5 nitrogen and oxygen atoms in total. The molecule has 0 aliphatic carbocycles. The highest BCUT2D eigenvalue weighted by molar-refractivity contribution is 9.10. The van der Waals surface area contributed by atoms with E-state index < -0.39 is 0 Å². The van der Waals surface area contributed by atoms with Crippen LogP contribution in [0.25, 0.3) is 11.4 Å². The maximum absolute atomic E-state index is 12.0. The van der Waals surface area contributed by atoms with E-state index in [0.29, 0.717) is 18.1 Å². The van der Waals surface area contributed by atoms with E-state index in [4.69, 9.17) is 4.52 Å². The standard InChI is InChI=1S/C18H16BrN3O2/c1-12-2-8-15(9-3-12)20-16(23)10-11-17-21-18(22-24-17)13-4-6-14(19)7-5-13/h2-9H,10-11H2,1H3,(H,20,23). The second-order valence-corrected chi connectivity index (χ2v) is 6.35. The number of anilines is 1. The van der Waals surface area contributed by atoms with Crippen molar-refractivity contribution in [2.75, 3.05) is 5.32 Å². The fourth-order valence-corrected chi connectivity index (χ4v) is 2.42. The second-order valence-electron chi connectivity index (χ2n) is 5.43. The predicted molar refractivity (Wildman–Crippen MR) is 95.6 cm³/mol. The van der Waals surface area contributed by atoms with Crippen LogP contribution in [0.5, 0.6) is 0 Å². The van der Waals surface area contributed by atoms with Crippen LogP contribution in [0.3, 0.4) is 0 Å². The number of aryl methyl sites for hydroxylation is 2. The summed E-state index contributed by atoms with van der Waals surface area (Å²) in [6, 6.07) is 15.3. The van der Waals surface area contributed by atoms with E-state index in [2.05, 4.69) is 31.4 Å². The van der Waals surface area contributed by atoms with Gasteiger partial charge in [0.25, 0.3) is 0 Å². The van der Waals surface area contributed by atoms with Gasteiger partial charge in [0.15, 0.2) is 0 Å². The summed E-state index contributed by atoms with van der Waals surface area (Å²) < 4.78 is 6.20. The topological polar surface area (TPSA) is 68.0 Å². The SMILES string of the molecule is Cc1ccc(NC(=O)CCc2nc(-c3ccc(Br)cc3)no2)cc1. The van der Waals surface area contributed by atoms with Crippen LogP contribution in [0.4, 0.5) is 5.69 Å². The third-order valence-electron chi connectivity index (χ3n) is 3.47. The Bertz CT molecular complexity index is 826. The van der Waals surface area contributed by atoms with E-state index in [0.717, 1.165) is 21.3 Å². The molecule has 0 saturated heterocycles. The zero-order valence-corrected chi connectivity index (χ0v) is 14.7. The zero-order valence-electron chi connectivity index (χ0n) is 13.1. The van der Waals surface area contributed by atoms with Gasteiger partial charge in [-0.15, -0.1) is 0 Å². The summed E-state index contributed by atoms with van der Waals surface area (Å²) in [5.74, 6) is 0.894. The Morgan fingerprint density at radius 2 is 1.83 bits per heavy atom. The molecule has 1 amide bonds. The van der Waals surface area contributed by atoms with Crippen LogP contribution >= 0.6 is 15.9 Å². The van der Waals surface area contributed by atoms with Crippen molar-refractivity contribution in [3.8, 4) is 11.4 Å². The van der Waals surface area contributed by atoms with Gasteiger partial charge in [-0.05, 0) is 43.3 Å².